The summed E-state index contributed by atoms with van der Waals surface area (Å²) in [6.45, 7) is 2.42. The Hall–Kier alpha value is -2.34. The molecule has 1 aromatic carbocycles. The number of carbonyl (C=O) groups is 2. The highest BCUT2D eigenvalue weighted by atomic mass is 32.1. The van der Waals surface area contributed by atoms with Gasteiger partial charge in [-0.25, -0.2) is 0 Å². The molecule has 0 spiro atoms. The van der Waals surface area contributed by atoms with Crippen molar-refractivity contribution in [2.45, 2.75) is 26.3 Å². The number of aryl methyl sites for hydroxylation is 1. The fraction of sp³-hybridized carbons (Fsp3) is 0.368. The van der Waals surface area contributed by atoms with E-state index in [1.165, 1.54) is 11.3 Å². The lowest BCUT2D eigenvalue weighted by Gasteiger charge is -2.20. The van der Waals surface area contributed by atoms with Crippen LogP contribution in [0.25, 0.3) is 0 Å². The van der Waals surface area contributed by atoms with Gasteiger partial charge in [0.15, 0.2) is 17.3 Å². The van der Waals surface area contributed by atoms with Gasteiger partial charge in [0.05, 0.1) is 19.1 Å². The summed E-state index contributed by atoms with van der Waals surface area (Å²) in [7, 11) is 4.92. The molecule has 6 heteroatoms. The van der Waals surface area contributed by atoms with Gasteiger partial charge >= 0.3 is 0 Å². The summed E-state index contributed by atoms with van der Waals surface area (Å²) >= 11 is 1.40. The molecule has 0 aliphatic rings. The van der Waals surface area contributed by atoms with E-state index < -0.39 is 0 Å². The number of hydrogen-bond acceptors (Lipinski definition) is 5. The van der Waals surface area contributed by atoms with E-state index in [0.29, 0.717) is 22.9 Å². The molecule has 1 amide bonds. The Morgan fingerprint density at radius 3 is 2.40 bits per heavy atom. The zero-order valence-electron chi connectivity index (χ0n) is 15.0. The fourth-order valence-corrected chi connectivity index (χ4v) is 3.20. The summed E-state index contributed by atoms with van der Waals surface area (Å²) in [5, 5.41) is 1.86. The van der Waals surface area contributed by atoms with Crippen LogP contribution in [0.15, 0.2) is 29.6 Å². The maximum atomic E-state index is 12.3. The maximum absolute atomic E-state index is 12.3. The number of thiophene rings is 1. The number of methoxy groups -OCH3 is 2. The van der Waals surface area contributed by atoms with Crippen molar-refractivity contribution in [3.8, 4) is 11.5 Å². The molecule has 0 unspecified atom stereocenters. The first-order valence-electron chi connectivity index (χ1n) is 7.98. The lowest BCUT2D eigenvalue weighted by Crippen LogP contribution is -2.26. The highest BCUT2D eigenvalue weighted by Gasteiger charge is 2.16. The van der Waals surface area contributed by atoms with Crippen LogP contribution in [0.3, 0.4) is 0 Å². The molecule has 0 fully saturated rings. The Kier molecular flexibility index (Phi) is 6.58. The molecule has 2 aromatic rings. The van der Waals surface area contributed by atoms with Gasteiger partial charge in [-0.15, -0.1) is 11.3 Å². The molecule has 25 heavy (non-hydrogen) atoms. The summed E-state index contributed by atoms with van der Waals surface area (Å²) in [5.74, 6) is 1.26. The summed E-state index contributed by atoms with van der Waals surface area (Å²) in [6, 6.07) is 7.40. The van der Waals surface area contributed by atoms with Crippen molar-refractivity contribution in [1.29, 1.82) is 0 Å². The molecule has 5 nitrogen and oxygen atoms in total. The molecule has 2 rings (SSSR count). The second-order valence-corrected chi connectivity index (χ2v) is 6.73. The van der Waals surface area contributed by atoms with Gasteiger partial charge in [0, 0.05) is 26.4 Å². The summed E-state index contributed by atoms with van der Waals surface area (Å²) in [4.78, 5) is 26.7. The van der Waals surface area contributed by atoms with Crippen LogP contribution in [0.5, 0.6) is 11.5 Å². The van der Waals surface area contributed by atoms with Crippen LogP contribution in [0, 0.1) is 6.92 Å². The number of Topliss-reactive ketones (excluding diaryl/α,β-unsaturated/α-hetero) is 1. The lowest BCUT2D eigenvalue weighted by atomic mass is 10.1. The second kappa shape index (κ2) is 8.67. The Morgan fingerprint density at radius 2 is 1.80 bits per heavy atom. The molecule has 1 heterocycles. The van der Waals surface area contributed by atoms with Gasteiger partial charge in [-0.2, -0.15) is 0 Å². The highest BCUT2D eigenvalue weighted by Crippen LogP contribution is 2.30. The minimum Gasteiger partial charge on any atom is -0.493 e. The largest absolute Gasteiger partial charge is 0.493 e. The van der Waals surface area contributed by atoms with Crippen LogP contribution in [0.1, 0.15) is 33.6 Å². The smallest absolute Gasteiger partial charge is 0.223 e. The van der Waals surface area contributed by atoms with Gasteiger partial charge in [0.1, 0.15) is 0 Å². The number of hydrogen-bond donors (Lipinski definition) is 0. The average molecular weight is 361 g/mol. The van der Waals surface area contributed by atoms with E-state index >= 15 is 0 Å². The quantitative estimate of drug-likeness (QED) is 0.673. The third-order valence-corrected chi connectivity index (χ3v) is 4.95. The van der Waals surface area contributed by atoms with Crippen LogP contribution >= 0.6 is 11.3 Å². The van der Waals surface area contributed by atoms with Crippen LogP contribution in [-0.4, -0.2) is 37.9 Å². The number of benzene rings is 1. The SMILES string of the molecule is COc1cc(C)c(CN(C)C(=O)CCC(=O)c2cccs2)cc1OC. The average Bonchev–Trinajstić information content (AvgIpc) is 3.15. The van der Waals surface area contributed by atoms with E-state index in [1.54, 1.807) is 32.2 Å². The second-order valence-electron chi connectivity index (χ2n) is 5.78. The minimum atomic E-state index is -0.0564. The van der Waals surface area contributed by atoms with Crippen molar-refractivity contribution in [1.82, 2.24) is 4.90 Å². The van der Waals surface area contributed by atoms with Gasteiger partial charge in [0.25, 0.3) is 0 Å². The van der Waals surface area contributed by atoms with Crippen molar-refractivity contribution in [3.63, 3.8) is 0 Å². The lowest BCUT2D eigenvalue weighted by molar-refractivity contribution is -0.130. The van der Waals surface area contributed by atoms with Crippen LogP contribution < -0.4 is 9.47 Å². The number of carbonyl (C=O) groups excluding carboxylic acids is 2. The number of rotatable bonds is 8. The van der Waals surface area contributed by atoms with E-state index in [2.05, 4.69) is 0 Å². The Morgan fingerprint density at radius 1 is 1.12 bits per heavy atom. The van der Waals surface area contributed by atoms with Crippen molar-refractivity contribution >= 4 is 23.0 Å². The fourth-order valence-electron chi connectivity index (χ4n) is 2.51. The van der Waals surface area contributed by atoms with Gasteiger partial charge in [-0.1, -0.05) is 6.07 Å². The highest BCUT2D eigenvalue weighted by molar-refractivity contribution is 7.12. The normalized spacial score (nSPS) is 10.4. The molecular weight excluding hydrogens is 338 g/mol. The van der Waals surface area contributed by atoms with Crippen molar-refractivity contribution in [2.24, 2.45) is 0 Å². The molecular formula is C19H23NO4S. The van der Waals surface area contributed by atoms with Gasteiger partial charge < -0.3 is 14.4 Å². The first-order chi connectivity index (χ1) is 12.0. The molecule has 0 radical (unpaired) electrons. The van der Waals surface area contributed by atoms with Crippen molar-refractivity contribution < 1.29 is 19.1 Å². The van der Waals surface area contributed by atoms with E-state index in [4.69, 9.17) is 9.47 Å². The van der Waals surface area contributed by atoms with E-state index in [-0.39, 0.29) is 24.5 Å². The van der Waals surface area contributed by atoms with Crippen molar-refractivity contribution in [3.05, 3.63) is 45.6 Å². The monoisotopic (exact) mass is 361 g/mol. The third-order valence-electron chi connectivity index (χ3n) is 4.04. The first kappa shape index (κ1) is 19.0. The number of nitrogens with zero attached hydrogens (tertiary/aromatic N) is 1. The van der Waals surface area contributed by atoms with Crippen LogP contribution in [-0.2, 0) is 11.3 Å². The molecule has 0 saturated heterocycles. The Balaban J connectivity index is 1.97. The van der Waals surface area contributed by atoms with E-state index in [9.17, 15) is 9.59 Å². The number of ketones is 1. The molecule has 0 aliphatic heterocycles. The molecule has 0 aliphatic carbocycles. The molecule has 0 atom stereocenters. The molecule has 134 valence electrons. The number of ether oxygens (including phenoxy) is 2. The zero-order valence-corrected chi connectivity index (χ0v) is 15.8. The van der Waals surface area contributed by atoms with Crippen molar-refractivity contribution in [2.75, 3.05) is 21.3 Å². The van der Waals surface area contributed by atoms with E-state index in [1.807, 2.05) is 30.5 Å². The third kappa shape index (κ3) is 4.82. The summed E-state index contributed by atoms with van der Waals surface area (Å²) in [5.41, 5.74) is 2.00. The number of amides is 1. The predicted octanol–water partition coefficient (Wildman–Crippen LogP) is 3.70. The Labute approximate surface area is 152 Å². The maximum Gasteiger partial charge on any atom is 0.223 e. The van der Waals surface area contributed by atoms with Gasteiger partial charge in [0.2, 0.25) is 5.91 Å². The van der Waals surface area contributed by atoms with E-state index in [0.717, 1.165) is 11.1 Å². The summed E-state index contributed by atoms with van der Waals surface area (Å²) < 4.78 is 10.6. The molecule has 0 saturated carbocycles. The summed E-state index contributed by atoms with van der Waals surface area (Å²) in [6.07, 6.45) is 0.439. The molecule has 1 aromatic heterocycles. The topological polar surface area (TPSA) is 55.8 Å². The molecule has 0 N–H and O–H groups in total. The molecule has 0 bridgehead atoms. The van der Waals surface area contributed by atoms with Gasteiger partial charge in [-0.05, 0) is 41.6 Å². The predicted molar refractivity (Wildman–Crippen MR) is 98.6 cm³/mol. The Bertz CT molecular complexity index is 740. The van der Waals surface area contributed by atoms with Crippen LogP contribution in [0.2, 0.25) is 0 Å². The minimum absolute atomic E-state index is 0.0130. The van der Waals surface area contributed by atoms with Crippen LogP contribution in [0.4, 0.5) is 0 Å². The zero-order chi connectivity index (χ0) is 18.4. The van der Waals surface area contributed by atoms with Gasteiger partial charge in [-0.3, -0.25) is 9.59 Å². The standard InChI is InChI=1S/C19H23NO4S/c1-13-10-16(23-3)17(24-4)11-14(13)12-20(2)19(22)8-7-15(21)18-6-5-9-25-18/h5-6,9-11H,7-8,12H2,1-4H3. The first-order valence-corrected chi connectivity index (χ1v) is 8.86.